The number of rotatable bonds is 4. The summed E-state index contributed by atoms with van der Waals surface area (Å²) in [6.07, 6.45) is 0. The molecule has 3 heterocycles. The van der Waals surface area contributed by atoms with Gasteiger partial charge in [-0.3, -0.25) is 14.4 Å². The van der Waals surface area contributed by atoms with Gasteiger partial charge in [0.2, 0.25) is 0 Å². The molecule has 0 radical (unpaired) electrons. The third-order valence-electron chi connectivity index (χ3n) is 5.12. The van der Waals surface area contributed by atoms with E-state index in [-0.39, 0.29) is 17.2 Å². The average molecular weight is 439 g/mol. The van der Waals surface area contributed by atoms with E-state index in [9.17, 15) is 14.4 Å². The van der Waals surface area contributed by atoms with Gasteiger partial charge in [-0.2, -0.15) is 5.10 Å². The molecule has 0 unspecified atom stereocenters. The summed E-state index contributed by atoms with van der Waals surface area (Å²) >= 11 is 1.35. The van der Waals surface area contributed by atoms with Crippen LogP contribution in [0.5, 0.6) is 0 Å². The first kappa shape index (κ1) is 21.0. The SMILES string of the molecule is Cc1c(-c2ccccc2)sc(NC(=O)c2ccc(=O)n(C)n2)c1C(=O)N1CCOCC1. The van der Waals surface area contributed by atoms with Crippen LogP contribution in [-0.2, 0) is 11.8 Å². The summed E-state index contributed by atoms with van der Waals surface area (Å²) in [5.41, 5.74) is 2.05. The van der Waals surface area contributed by atoms with Crippen LogP contribution in [0.1, 0.15) is 26.4 Å². The first-order valence-corrected chi connectivity index (χ1v) is 10.7. The van der Waals surface area contributed by atoms with Crippen LogP contribution in [0.3, 0.4) is 0 Å². The number of anilines is 1. The molecule has 9 heteroatoms. The number of carbonyl (C=O) groups excluding carboxylic acids is 2. The van der Waals surface area contributed by atoms with Crippen LogP contribution in [0, 0.1) is 6.92 Å². The van der Waals surface area contributed by atoms with Crippen LogP contribution in [-0.4, -0.2) is 52.8 Å². The third kappa shape index (κ3) is 4.28. The lowest BCUT2D eigenvalue weighted by molar-refractivity contribution is 0.0303. The third-order valence-corrected chi connectivity index (χ3v) is 6.37. The number of ether oxygens (including phenoxy) is 1. The molecule has 31 heavy (non-hydrogen) atoms. The molecule has 1 aliphatic rings. The Morgan fingerprint density at radius 2 is 1.81 bits per heavy atom. The number of aromatic nitrogens is 2. The molecule has 0 spiro atoms. The van der Waals surface area contributed by atoms with Crippen molar-refractivity contribution in [3.8, 4) is 10.4 Å². The summed E-state index contributed by atoms with van der Waals surface area (Å²) in [6, 6.07) is 12.4. The summed E-state index contributed by atoms with van der Waals surface area (Å²) in [4.78, 5) is 40.5. The molecule has 1 N–H and O–H groups in total. The number of morpholine rings is 1. The first-order valence-electron chi connectivity index (χ1n) is 9.87. The number of hydrogen-bond acceptors (Lipinski definition) is 6. The minimum absolute atomic E-state index is 0.0965. The van der Waals surface area contributed by atoms with E-state index >= 15 is 0 Å². The van der Waals surface area contributed by atoms with Gasteiger partial charge < -0.3 is 15.0 Å². The Balaban J connectivity index is 1.74. The number of nitrogens with one attached hydrogen (secondary N) is 1. The second-order valence-electron chi connectivity index (χ2n) is 7.17. The van der Waals surface area contributed by atoms with Gasteiger partial charge in [-0.25, -0.2) is 4.68 Å². The zero-order valence-corrected chi connectivity index (χ0v) is 18.1. The molecule has 0 saturated carbocycles. The van der Waals surface area contributed by atoms with Crippen molar-refractivity contribution in [2.75, 3.05) is 31.6 Å². The fourth-order valence-electron chi connectivity index (χ4n) is 3.44. The molecule has 3 aromatic rings. The second kappa shape index (κ2) is 8.83. The van der Waals surface area contributed by atoms with Crippen LogP contribution in [0.2, 0.25) is 0 Å². The lowest BCUT2D eigenvalue weighted by Crippen LogP contribution is -2.41. The first-order chi connectivity index (χ1) is 15.0. The van der Waals surface area contributed by atoms with E-state index in [0.717, 1.165) is 20.7 Å². The molecule has 0 atom stereocenters. The smallest absolute Gasteiger partial charge is 0.276 e. The summed E-state index contributed by atoms with van der Waals surface area (Å²) in [6.45, 7) is 3.88. The molecule has 8 nitrogen and oxygen atoms in total. The Hall–Kier alpha value is -3.30. The molecule has 1 aromatic carbocycles. The highest BCUT2D eigenvalue weighted by molar-refractivity contribution is 7.20. The van der Waals surface area contributed by atoms with Gasteiger partial charge in [-0.1, -0.05) is 30.3 Å². The Bertz CT molecular complexity index is 1180. The molecule has 0 bridgehead atoms. The van der Waals surface area contributed by atoms with E-state index < -0.39 is 5.91 Å². The lowest BCUT2D eigenvalue weighted by atomic mass is 10.1. The van der Waals surface area contributed by atoms with Crippen molar-refractivity contribution in [2.24, 2.45) is 7.05 Å². The monoisotopic (exact) mass is 438 g/mol. The predicted molar refractivity (Wildman–Crippen MR) is 119 cm³/mol. The maximum absolute atomic E-state index is 13.4. The standard InChI is InChI=1S/C22H22N4O4S/c1-14-18(22(29)26-10-12-30-13-11-26)21(31-19(14)15-6-4-3-5-7-15)23-20(28)16-8-9-17(27)25(2)24-16/h3-9H,10-13H2,1-2H3,(H,23,28). The fourth-order valence-corrected chi connectivity index (χ4v) is 4.64. The highest BCUT2D eigenvalue weighted by atomic mass is 32.1. The number of hydrogen-bond donors (Lipinski definition) is 1. The van der Waals surface area contributed by atoms with E-state index in [0.29, 0.717) is 36.9 Å². The zero-order valence-electron chi connectivity index (χ0n) is 17.3. The van der Waals surface area contributed by atoms with Crippen LogP contribution >= 0.6 is 11.3 Å². The zero-order chi connectivity index (χ0) is 22.0. The molecule has 1 aliphatic heterocycles. The largest absolute Gasteiger partial charge is 0.378 e. The van der Waals surface area contributed by atoms with Gasteiger partial charge in [-0.05, 0) is 24.1 Å². The van der Waals surface area contributed by atoms with Crippen molar-refractivity contribution in [1.82, 2.24) is 14.7 Å². The molecule has 1 saturated heterocycles. The number of carbonyl (C=O) groups is 2. The van der Waals surface area contributed by atoms with Crippen molar-refractivity contribution >= 4 is 28.2 Å². The number of amides is 2. The Morgan fingerprint density at radius 3 is 2.48 bits per heavy atom. The van der Waals surface area contributed by atoms with Crippen molar-refractivity contribution in [3.63, 3.8) is 0 Å². The molecule has 1 fully saturated rings. The van der Waals surface area contributed by atoms with E-state index in [2.05, 4.69) is 10.4 Å². The van der Waals surface area contributed by atoms with E-state index in [1.807, 2.05) is 37.3 Å². The normalized spacial score (nSPS) is 13.8. The highest BCUT2D eigenvalue weighted by Crippen LogP contribution is 2.40. The van der Waals surface area contributed by atoms with Crippen LogP contribution in [0.4, 0.5) is 5.00 Å². The van der Waals surface area contributed by atoms with E-state index in [1.165, 1.54) is 30.5 Å². The molecule has 0 aliphatic carbocycles. The van der Waals surface area contributed by atoms with Crippen molar-refractivity contribution < 1.29 is 14.3 Å². The van der Waals surface area contributed by atoms with Crippen molar-refractivity contribution in [3.05, 3.63) is 69.6 Å². The highest BCUT2D eigenvalue weighted by Gasteiger charge is 2.28. The van der Waals surface area contributed by atoms with Crippen molar-refractivity contribution in [2.45, 2.75) is 6.92 Å². The Morgan fingerprint density at radius 1 is 1.10 bits per heavy atom. The minimum Gasteiger partial charge on any atom is -0.378 e. The molecule has 160 valence electrons. The van der Waals surface area contributed by atoms with Gasteiger partial charge in [-0.15, -0.1) is 11.3 Å². The van der Waals surface area contributed by atoms with Crippen molar-refractivity contribution in [1.29, 1.82) is 0 Å². The number of benzene rings is 1. The Kier molecular flexibility index (Phi) is 5.97. The van der Waals surface area contributed by atoms with Gasteiger partial charge in [0, 0.05) is 31.1 Å². The fraction of sp³-hybridized carbons (Fsp3) is 0.273. The quantitative estimate of drug-likeness (QED) is 0.676. The number of thiophene rings is 1. The molecule has 2 amide bonds. The number of aryl methyl sites for hydroxylation is 1. The minimum atomic E-state index is -0.479. The summed E-state index contributed by atoms with van der Waals surface area (Å²) in [7, 11) is 1.48. The van der Waals surface area contributed by atoms with Gasteiger partial charge in [0.05, 0.1) is 18.8 Å². The number of nitrogens with zero attached hydrogens (tertiary/aromatic N) is 3. The predicted octanol–water partition coefficient (Wildman–Crippen LogP) is 2.54. The van der Waals surface area contributed by atoms with E-state index in [1.54, 1.807) is 4.90 Å². The van der Waals surface area contributed by atoms with Crippen LogP contribution in [0.15, 0.2) is 47.3 Å². The van der Waals surface area contributed by atoms with Crippen LogP contribution < -0.4 is 10.9 Å². The Labute approximate surface area is 183 Å². The molecular formula is C22H22N4O4S. The van der Waals surface area contributed by atoms with Crippen LogP contribution in [0.25, 0.3) is 10.4 Å². The van der Waals surface area contributed by atoms with E-state index in [4.69, 9.17) is 4.74 Å². The van der Waals surface area contributed by atoms with Gasteiger partial charge in [0.25, 0.3) is 17.4 Å². The molecular weight excluding hydrogens is 416 g/mol. The van der Waals surface area contributed by atoms with Gasteiger partial charge in [0.15, 0.2) is 0 Å². The topological polar surface area (TPSA) is 93.5 Å². The molecule has 4 rings (SSSR count). The maximum Gasteiger partial charge on any atom is 0.276 e. The van der Waals surface area contributed by atoms with Gasteiger partial charge in [0.1, 0.15) is 10.7 Å². The lowest BCUT2D eigenvalue weighted by Gasteiger charge is -2.27. The summed E-state index contributed by atoms with van der Waals surface area (Å²) in [5, 5.41) is 7.32. The van der Waals surface area contributed by atoms with Gasteiger partial charge >= 0.3 is 0 Å². The summed E-state index contributed by atoms with van der Waals surface area (Å²) in [5.74, 6) is -0.615. The maximum atomic E-state index is 13.4. The second-order valence-corrected chi connectivity index (χ2v) is 8.19. The summed E-state index contributed by atoms with van der Waals surface area (Å²) < 4.78 is 6.47. The molecule has 2 aromatic heterocycles. The average Bonchev–Trinajstić information content (AvgIpc) is 3.11.